The van der Waals surface area contributed by atoms with E-state index in [9.17, 15) is 0 Å². The monoisotopic (exact) mass is 226 g/mol. The molecular weight excluding hydrogens is 208 g/mol. The SMILES string of the molecule is COCCNCC=Cc1sc(C)nc1C. The van der Waals surface area contributed by atoms with Gasteiger partial charge in [-0.2, -0.15) is 0 Å². The molecule has 84 valence electrons. The lowest BCUT2D eigenvalue weighted by Crippen LogP contribution is -2.18. The van der Waals surface area contributed by atoms with E-state index in [1.807, 2.05) is 13.8 Å². The second kappa shape index (κ2) is 6.71. The Balaban J connectivity index is 2.28. The zero-order chi connectivity index (χ0) is 11.1. The molecule has 0 atom stereocenters. The predicted octanol–water partition coefficient (Wildman–Crippen LogP) is 2.01. The molecule has 4 heteroatoms. The molecule has 0 aliphatic heterocycles. The minimum absolute atomic E-state index is 0.756. The molecule has 0 aromatic carbocycles. The number of hydrogen-bond acceptors (Lipinski definition) is 4. The summed E-state index contributed by atoms with van der Waals surface area (Å²) in [6.07, 6.45) is 4.25. The zero-order valence-electron chi connectivity index (χ0n) is 9.54. The molecule has 1 heterocycles. The van der Waals surface area contributed by atoms with Gasteiger partial charge in [0.05, 0.1) is 17.3 Å². The number of aromatic nitrogens is 1. The molecule has 1 aromatic heterocycles. The van der Waals surface area contributed by atoms with E-state index in [0.717, 1.165) is 30.4 Å². The summed E-state index contributed by atoms with van der Waals surface area (Å²) >= 11 is 1.73. The molecule has 0 amide bonds. The topological polar surface area (TPSA) is 34.1 Å². The lowest BCUT2D eigenvalue weighted by molar-refractivity contribution is 0.200. The Labute approximate surface area is 95.2 Å². The number of aryl methyl sites for hydroxylation is 2. The summed E-state index contributed by atoms with van der Waals surface area (Å²) in [6, 6.07) is 0. The van der Waals surface area contributed by atoms with E-state index in [0.29, 0.717) is 0 Å². The van der Waals surface area contributed by atoms with Gasteiger partial charge in [0.2, 0.25) is 0 Å². The number of ether oxygens (including phenoxy) is 1. The van der Waals surface area contributed by atoms with Crippen LogP contribution in [0.2, 0.25) is 0 Å². The fourth-order valence-corrected chi connectivity index (χ4v) is 2.09. The molecular formula is C11H18N2OS. The summed E-state index contributed by atoms with van der Waals surface area (Å²) in [7, 11) is 1.71. The van der Waals surface area contributed by atoms with Gasteiger partial charge in [-0.15, -0.1) is 11.3 Å². The first kappa shape index (κ1) is 12.4. The van der Waals surface area contributed by atoms with E-state index < -0.39 is 0 Å². The van der Waals surface area contributed by atoms with Gasteiger partial charge < -0.3 is 10.1 Å². The van der Waals surface area contributed by atoms with Crippen LogP contribution in [0.3, 0.4) is 0 Å². The average Bonchev–Trinajstić information content (AvgIpc) is 2.51. The quantitative estimate of drug-likeness (QED) is 0.753. The van der Waals surface area contributed by atoms with Crippen LogP contribution in [0.4, 0.5) is 0 Å². The summed E-state index contributed by atoms with van der Waals surface area (Å²) in [4.78, 5) is 5.62. The minimum atomic E-state index is 0.756. The summed E-state index contributed by atoms with van der Waals surface area (Å²) in [5, 5.41) is 4.38. The van der Waals surface area contributed by atoms with Gasteiger partial charge in [-0.25, -0.2) is 4.98 Å². The van der Waals surface area contributed by atoms with Gasteiger partial charge in [-0.05, 0) is 19.9 Å². The van der Waals surface area contributed by atoms with Gasteiger partial charge in [0, 0.05) is 25.1 Å². The van der Waals surface area contributed by atoms with E-state index in [1.165, 1.54) is 4.88 Å². The maximum absolute atomic E-state index is 4.93. The van der Waals surface area contributed by atoms with E-state index in [2.05, 4.69) is 22.5 Å². The molecule has 0 aliphatic rings. The first-order valence-corrected chi connectivity index (χ1v) is 5.86. The molecule has 0 unspecified atom stereocenters. The molecule has 0 saturated heterocycles. The molecule has 0 radical (unpaired) electrons. The van der Waals surface area contributed by atoms with Crippen LogP contribution < -0.4 is 5.32 Å². The van der Waals surface area contributed by atoms with Gasteiger partial charge >= 0.3 is 0 Å². The highest BCUT2D eigenvalue weighted by Gasteiger charge is 1.99. The predicted molar refractivity (Wildman–Crippen MR) is 65.4 cm³/mol. The zero-order valence-corrected chi connectivity index (χ0v) is 10.4. The highest BCUT2D eigenvalue weighted by molar-refractivity contribution is 7.12. The Bertz CT molecular complexity index is 320. The Kier molecular flexibility index (Phi) is 5.53. The highest BCUT2D eigenvalue weighted by atomic mass is 32.1. The lowest BCUT2D eigenvalue weighted by Gasteiger charge is -1.98. The van der Waals surface area contributed by atoms with Gasteiger partial charge in [0.1, 0.15) is 0 Å². The molecule has 3 nitrogen and oxygen atoms in total. The van der Waals surface area contributed by atoms with Crippen LogP contribution in [0, 0.1) is 13.8 Å². The van der Waals surface area contributed by atoms with Crippen molar-refractivity contribution < 1.29 is 4.74 Å². The average molecular weight is 226 g/mol. The van der Waals surface area contributed by atoms with Crippen LogP contribution in [-0.4, -0.2) is 31.8 Å². The largest absolute Gasteiger partial charge is 0.383 e. The van der Waals surface area contributed by atoms with Crippen molar-refractivity contribution in [3.8, 4) is 0 Å². The first-order valence-electron chi connectivity index (χ1n) is 5.04. The molecule has 1 N–H and O–H groups in total. The van der Waals surface area contributed by atoms with Crippen molar-refractivity contribution in [2.45, 2.75) is 13.8 Å². The second-order valence-corrected chi connectivity index (χ2v) is 4.52. The molecule has 0 saturated carbocycles. The van der Waals surface area contributed by atoms with Crippen LogP contribution in [0.15, 0.2) is 6.08 Å². The Morgan fingerprint density at radius 3 is 2.87 bits per heavy atom. The van der Waals surface area contributed by atoms with Crippen molar-refractivity contribution in [3.63, 3.8) is 0 Å². The van der Waals surface area contributed by atoms with E-state index in [1.54, 1.807) is 18.4 Å². The summed E-state index contributed by atoms with van der Waals surface area (Å²) in [5.74, 6) is 0. The fourth-order valence-electron chi connectivity index (χ4n) is 1.23. The third-order valence-corrected chi connectivity index (χ3v) is 2.99. The maximum Gasteiger partial charge on any atom is 0.0903 e. The number of nitrogens with zero attached hydrogens (tertiary/aromatic N) is 1. The van der Waals surface area contributed by atoms with Gasteiger partial charge in [-0.3, -0.25) is 0 Å². The van der Waals surface area contributed by atoms with E-state index >= 15 is 0 Å². The van der Waals surface area contributed by atoms with Crippen LogP contribution >= 0.6 is 11.3 Å². The number of nitrogens with one attached hydrogen (secondary N) is 1. The highest BCUT2D eigenvalue weighted by Crippen LogP contribution is 2.18. The fraction of sp³-hybridized carbons (Fsp3) is 0.545. The van der Waals surface area contributed by atoms with Crippen molar-refractivity contribution in [1.29, 1.82) is 0 Å². The number of methoxy groups -OCH3 is 1. The number of hydrogen-bond donors (Lipinski definition) is 1. The third-order valence-electron chi connectivity index (χ3n) is 1.95. The van der Waals surface area contributed by atoms with Gasteiger partial charge in [0.25, 0.3) is 0 Å². The number of thiazole rings is 1. The normalized spacial score (nSPS) is 11.4. The van der Waals surface area contributed by atoms with Crippen molar-refractivity contribution in [2.75, 3.05) is 26.8 Å². The van der Waals surface area contributed by atoms with Crippen molar-refractivity contribution in [2.24, 2.45) is 0 Å². The van der Waals surface area contributed by atoms with Gasteiger partial charge in [0.15, 0.2) is 0 Å². The van der Waals surface area contributed by atoms with Gasteiger partial charge in [-0.1, -0.05) is 6.08 Å². The smallest absolute Gasteiger partial charge is 0.0903 e. The standard InChI is InChI=1S/C11H18N2OS/c1-9-11(15-10(2)13-9)5-4-6-12-7-8-14-3/h4-5,12H,6-8H2,1-3H3. The second-order valence-electron chi connectivity index (χ2n) is 3.28. The minimum Gasteiger partial charge on any atom is -0.383 e. The summed E-state index contributed by atoms with van der Waals surface area (Å²) in [6.45, 7) is 6.60. The molecule has 1 aromatic rings. The molecule has 15 heavy (non-hydrogen) atoms. The summed E-state index contributed by atoms with van der Waals surface area (Å²) in [5.41, 5.74) is 1.12. The van der Waals surface area contributed by atoms with Crippen molar-refractivity contribution >= 4 is 17.4 Å². The van der Waals surface area contributed by atoms with E-state index in [4.69, 9.17) is 4.74 Å². The molecule has 1 rings (SSSR count). The first-order chi connectivity index (χ1) is 7.24. The Morgan fingerprint density at radius 2 is 2.27 bits per heavy atom. The molecule has 0 aliphatic carbocycles. The molecule has 0 spiro atoms. The van der Waals surface area contributed by atoms with Crippen molar-refractivity contribution in [1.82, 2.24) is 10.3 Å². The van der Waals surface area contributed by atoms with Crippen LogP contribution in [0.25, 0.3) is 6.08 Å². The number of rotatable bonds is 6. The maximum atomic E-state index is 4.93. The van der Waals surface area contributed by atoms with Crippen LogP contribution in [0.5, 0.6) is 0 Å². The van der Waals surface area contributed by atoms with E-state index in [-0.39, 0.29) is 0 Å². The Morgan fingerprint density at radius 1 is 1.47 bits per heavy atom. The van der Waals surface area contributed by atoms with Crippen molar-refractivity contribution in [3.05, 3.63) is 21.7 Å². The lowest BCUT2D eigenvalue weighted by atomic mass is 10.3. The van der Waals surface area contributed by atoms with Crippen LogP contribution in [-0.2, 0) is 4.74 Å². The molecule has 0 fully saturated rings. The Hall–Kier alpha value is -0.710. The van der Waals surface area contributed by atoms with Crippen LogP contribution in [0.1, 0.15) is 15.6 Å². The third kappa shape index (κ3) is 4.55. The summed E-state index contributed by atoms with van der Waals surface area (Å²) < 4.78 is 4.93. The molecule has 0 bridgehead atoms.